The van der Waals surface area contributed by atoms with E-state index in [1.165, 1.54) is 25.7 Å². The Morgan fingerprint density at radius 1 is 1.47 bits per heavy atom. The van der Waals surface area contributed by atoms with Crippen molar-refractivity contribution in [3.05, 3.63) is 23.4 Å². The van der Waals surface area contributed by atoms with Crippen molar-refractivity contribution >= 4 is 23.3 Å². The molecule has 0 bridgehead atoms. The molecular formula is C12H16ClN3O. The Kier molecular flexibility index (Phi) is 4.34. The van der Waals surface area contributed by atoms with Crippen molar-refractivity contribution in [3.63, 3.8) is 0 Å². The van der Waals surface area contributed by atoms with Gasteiger partial charge in [0.2, 0.25) is 5.91 Å². The number of rotatable bonds is 4. The van der Waals surface area contributed by atoms with Crippen molar-refractivity contribution in [3.8, 4) is 0 Å². The average Bonchev–Trinajstić information content (AvgIpc) is 2.79. The minimum atomic E-state index is -0.0772. The largest absolute Gasteiger partial charge is 0.310 e. The lowest BCUT2D eigenvalue weighted by molar-refractivity contribution is -0.115. The molecule has 1 fully saturated rings. The van der Waals surface area contributed by atoms with Crippen molar-refractivity contribution in [2.75, 3.05) is 11.9 Å². The monoisotopic (exact) mass is 253 g/mol. The van der Waals surface area contributed by atoms with Crippen molar-refractivity contribution in [2.45, 2.75) is 31.7 Å². The van der Waals surface area contributed by atoms with Crippen LogP contribution in [0.2, 0.25) is 5.02 Å². The van der Waals surface area contributed by atoms with Crippen LogP contribution < -0.4 is 10.6 Å². The summed E-state index contributed by atoms with van der Waals surface area (Å²) in [5.74, 6) is 0.419. The zero-order valence-electron chi connectivity index (χ0n) is 9.58. The Morgan fingerprint density at radius 3 is 2.94 bits per heavy atom. The molecule has 0 aliphatic heterocycles. The highest BCUT2D eigenvalue weighted by Gasteiger charge is 2.15. The molecule has 0 radical (unpaired) electrons. The van der Waals surface area contributed by atoms with Gasteiger partial charge in [0, 0.05) is 17.3 Å². The van der Waals surface area contributed by atoms with Crippen LogP contribution in [0.1, 0.15) is 25.7 Å². The van der Waals surface area contributed by atoms with Crippen LogP contribution in [-0.2, 0) is 4.79 Å². The fourth-order valence-electron chi connectivity index (χ4n) is 2.03. The second kappa shape index (κ2) is 5.98. The first-order valence-corrected chi connectivity index (χ1v) is 6.26. The standard InChI is InChI=1S/C12H16ClN3O/c13-9-5-6-14-11(7-9)16-12(17)8-15-10-3-1-2-4-10/h5-7,10,15H,1-4,8H2,(H,14,16,17). The van der Waals surface area contributed by atoms with Crippen LogP contribution in [-0.4, -0.2) is 23.5 Å². The number of carbonyl (C=O) groups excluding carboxylic acids is 1. The van der Waals surface area contributed by atoms with E-state index in [4.69, 9.17) is 11.6 Å². The van der Waals surface area contributed by atoms with Gasteiger partial charge >= 0.3 is 0 Å². The summed E-state index contributed by atoms with van der Waals surface area (Å²) in [4.78, 5) is 15.6. The van der Waals surface area contributed by atoms with E-state index in [9.17, 15) is 4.79 Å². The molecule has 1 aliphatic rings. The number of nitrogens with zero attached hydrogens (tertiary/aromatic N) is 1. The Morgan fingerprint density at radius 2 is 2.24 bits per heavy atom. The van der Waals surface area contributed by atoms with E-state index >= 15 is 0 Å². The van der Waals surface area contributed by atoms with Crippen molar-refractivity contribution in [1.29, 1.82) is 0 Å². The zero-order chi connectivity index (χ0) is 12.1. The summed E-state index contributed by atoms with van der Waals surface area (Å²) in [6.07, 6.45) is 6.43. The third-order valence-electron chi connectivity index (χ3n) is 2.90. The minimum absolute atomic E-state index is 0.0772. The van der Waals surface area contributed by atoms with Gasteiger partial charge in [-0.2, -0.15) is 0 Å². The van der Waals surface area contributed by atoms with Gasteiger partial charge in [0.25, 0.3) is 0 Å². The van der Waals surface area contributed by atoms with Gasteiger partial charge in [-0.3, -0.25) is 4.79 Å². The highest BCUT2D eigenvalue weighted by Crippen LogP contribution is 2.17. The van der Waals surface area contributed by atoms with Crippen LogP contribution in [0.3, 0.4) is 0 Å². The van der Waals surface area contributed by atoms with E-state index in [2.05, 4.69) is 15.6 Å². The smallest absolute Gasteiger partial charge is 0.239 e. The van der Waals surface area contributed by atoms with Gasteiger partial charge in [0.05, 0.1) is 6.54 Å². The lowest BCUT2D eigenvalue weighted by Crippen LogP contribution is -2.34. The number of carbonyl (C=O) groups is 1. The molecule has 2 N–H and O–H groups in total. The number of pyridine rings is 1. The summed E-state index contributed by atoms with van der Waals surface area (Å²) in [6, 6.07) is 3.80. The van der Waals surface area contributed by atoms with Gasteiger partial charge in [-0.15, -0.1) is 0 Å². The second-order valence-electron chi connectivity index (χ2n) is 4.27. The maximum Gasteiger partial charge on any atom is 0.239 e. The molecule has 1 amide bonds. The first kappa shape index (κ1) is 12.3. The lowest BCUT2D eigenvalue weighted by atomic mass is 10.2. The van der Waals surface area contributed by atoms with Crippen molar-refractivity contribution in [1.82, 2.24) is 10.3 Å². The van der Waals surface area contributed by atoms with Crippen LogP contribution in [0.25, 0.3) is 0 Å². The fraction of sp³-hybridized carbons (Fsp3) is 0.500. The predicted octanol–water partition coefficient (Wildman–Crippen LogP) is 2.21. The number of nitrogens with one attached hydrogen (secondary N) is 2. The topological polar surface area (TPSA) is 54.0 Å². The van der Waals surface area contributed by atoms with Crippen LogP contribution in [0.15, 0.2) is 18.3 Å². The Balaban J connectivity index is 1.76. The molecule has 0 atom stereocenters. The van der Waals surface area contributed by atoms with Crippen LogP contribution in [0.4, 0.5) is 5.82 Å². The van der Waals surface area contributed by atoms with E-state index in [1.54, 1.807) is 18.3 Å². The molecule has 1 saturated carbocycles. The van der Waals surface area contributed by atoms with Gasteiger partial charge in [0.1, 0.15) is 5.82 Å². The van der Waals surface area contributed by atoms with E-state index in [0.29, 0.717) is 23.4 Å². The van der Waals surface area contributed by atoms with Crippen molar-refractivity contribution < 1.29 is 4.79 Å². The number of aromatic nitrogens is 1. The predicted molar refractivity (Wildman–Crippen MR) is 68.1 cm³/mol. The normalized spacial score (nSPS) is 16.1. The lowest BCUT2D eigenvalue weighted by Gasteiger charge is -2.11. The molecule has 0 saturated heterocycles. The van der Waals surface area contributed by atoms with Gasteiger partial charge in [-0.05, 0) is 25.0 Å². The van der Waals surface area contributed by atoms with Crippen LogP contribution in [0.5, 0.6) is 0 Å². The molecule has 2 rings (SSSR count). The molecule has 0 aromatic carbocycles. The Hall–Kier alpha value is -1.13. The highest BCUT2D eigenvalue weighted by molar-refractivity contribution is 6.30. The highest BCUT2D eigenvalue weighted by atomic mass is 35.5. The van der Waals surface area contributed by atoms with Gasteiger partial charge < -0.3 is 10.6 Å². The molecule has 1 heterocycles. The summed E-state index contributed by atoms with van der Waals surface area (Å²) in [5, 5.41) is 6.52. The number of amides is 1. The maximum absolute atomic E-state index is 11.6. The number of anilines is 1. The van der Waals surface area contributed by atoms with E-state index in [-0.39, 0.29) is 5.91 Å². The third-order valence-corrected chi connectivity index (χ3v) is 3.13. The van der Waals surface area contributed by atoms with Crippen LogP contribution >= 0.6 is 11.6 Å². The summed E-state index contributed by atoms with van der Waals surface area (Å²) in [6.45, 7) is 0.332. The second-order valence-corrected chi connectivity index (χ2v) is 4.71. The molecular weight excluding hydrogens is 238 g/mol. The molecule has 1 aromatic rings. The SMILES string of the molecule is O=C(CNC1CCCC1)Nc1cc(Cl)ccn1. The maximum atomic E-state index is 11.6. The quantitative estimate of drug-likeness (QED) is 0.865. The van der Waals surface area contributed by atoms with Gasteiger partial charge in [0.15, 0.2) is 0 Å². The van der Waals surface area contributed by atoms with Gasteiger partial charge in [-0.25, -0.2) is 4.98 Å². The molecule has 4 nitrogen and oxygen atoms in total. The Bertz CT molecular complexity index is 391. The first-order chi connectivity index (χ1) is 8.24. The molecule has 0 spiro atoms. The van der Waals surface area contributed by atoms with Crippen molar-refractivity contribution in [2.24, 2.45) is 0 Å². The molecule has 1 aromatic heterocycles. The Labute approximate surface area is 106 Å². The number of hydrogen-bond donors (Lipinski definition) is 2. The number of hydrogen-bond acceptors (Lipinski definition) is 3. The fourth-order valence-corrected chi connectivity index (χ4v) is 2.19. The average molecular weight is 254 g/mol. The van der Waals surface area contributed by atoms with Gasteiger partial charge in [-0.1, -0.05) is 24.4 Å². The molecule has 92 valence electrons. The molecule has 17 heavy (non-hydrogen) atoms. The van der Waals surface area contributed by atoms with E-state index in [0.717, 1.165) is 0 Å². The summed E-state index contributed by atoms with van der Waals surface area (Å²) in [5.41, 5.74) is 0. The minimum Gasteiger partial charge on any atom is -0.310 e. The number of halogens is 1. The molecule has 1 aliphatic carbocycles. The van der Waals surface area contributed by atoms with E-state index < -0.39 is 0 Å². The zero-order valence-corrected chi connectivity index (χ0v) is 10.3. The third kappa shape index (κ3) is 3.98. The van der Waals surface area contributed by atoms with E-state index in [1.807, 2.05) is 0 Å². The summed E-state index contributed by atoms with van der Waals surface area (Å²) in [7, 11) is 0. The summed E-state index contributed by atoms with van der Waals surface area (Å²) >= 11 is 5.80. The molecule has 5 heteroatoms. The molecule has 0 unspecified atom stereocenters. The summed E-state index contributed by atoms with van der Waals surface area (Å²) < 4.78 is 0. The first-order valence-electron chi connectivity index (χ1n) is 5.89. The van der Waals surface area contributed by atoms with Crippen LogP contribution in [0, 0.1) is 0 Å².